The summed E-state index contributed by atoms with van der Waals surface area (Å²) in [4.78, 5) is 2.51. The van der Waals surface area contributed by atoms with E-state index in [4.69, 9.17) is 4.74 Å². The monoisotopic (exact) mass is 576 g/mol. The van der Waals surface area contributed by atoms with Crippen LogP contribution in [0.2, 0.25) is 0 Å². The number of ether oxygens (including phenoxy) is 1. The Balaban J connectivity index is 2.25. The van der Waals surface area contributed by atoms with Crippen LogP contribution in [0.3, 0.4) is 0 Å². The number of benzene rings is 2. The van der Waals surface area contributed by atoms with E-state index in [1.165, 1.54) is 31.5 Å². The summed E-state index contributed by atoms with van der Waals surface area (Å²) < 4.78 is 17.7. The number of fused-ring (bicyclic) bond motifs is 2. The Labute approximate surface area is 240 Å². The van der Waals surface area contributed by atoms with Crippen molar-refractivity contribution >= 4 is 38.8 Å². The maximum Gasteiger partial charge on any atom is 0.151 e. The summed E-state index contributed by atoms with van der Waals surface area (Å²) in [6.07, 6.45) is 0. The van der Waals surface area contributed by atoms with E-state index in [1.54, 1.807) is 0 Å². The smallest absolute Gasteiger partial charge is 0.151 e. The lowest BCUT2D eigenvalue weighted by atomic mass is 10.2. The zero-order valence-corrected chi connectivity index (χ0v) is 28.1. The molecule has 1 aliphatic heterocycles. The van der Waals surface area contributed by atoms with E-state index in [-0.39, 0.29) is 0 Å². The van der Waals surface area contributed by atoms with Gasteiger partial charge in [0.2, 0.25) is 0 Å². The Bertz CT molecular complexity index is 948. The summed E-state index contributed by atoms with van der Waals surface area (Å²) in [5, 5.41) is 2.73. The quantitative estimate of drug-likeness (QED) is 0.181. The highest BCUT2D eigenvalue weighted by atomic mass is 32.2. The SMILES string of the molecule is CCN(CC)P(c1cc(C)cc2c1Oc1c(cc(C)cc1P(N(CC)CC)N(CC)CC)S2)N(CC)CC. The third-order valence-corrected chi connectivity index (χ3v) is 14.2. The maximum absolute atomic E-state index is 7.17. The minimum absolute atomic E-state index is 0.659. The number of rotatable bonds is 14. The lowest BCUT2D eigenvalue weighted by molar-refractivity contribution is 0.422. The van der Waals surface area contributed by atoms with Gasteiger partial charge >= 0.3 is 0 Å². The largest absolute Gasteiger partial charge is 0.453 e. The second-order valence-electron chi connectivity index (χ2n) is 9.56. The normalized spacial score (nSPS) is 13.3. The predicted octanol–water partition coefficient (Wildman–Crippen LogP) is 7.80. The molecule has 38 heavy (non-hydrogen) atoms. The first-order valence-electron chi connectivity index (χ1n) is 14.6. The van der Waals surface area contributed by atoms with Gasteiger partial charge in [0.25, 0.3) is 0 Å². The number of hydrogen-bond donors (Lipinski definition) is 0. The van der Waals surface area contributed by atoms with Crippen LogP contribution in [-0.2, 0) is 0 Å². The zero-order valence-electron chi connectivity index (χ0n) is 25.5. The first-order chi connectivity index (χ1) is 18.3. The van der Waals surface area contributed by atoms with E-state index < -0.39 is 16.4 Å². The van der Waals surface area contributed by atoms with Gasteiger partial charge in [-0.1, -0.05) is 67.2 Å². The average molecular weight is 577 g/mol. The minimum atomic E-state index is -0.659. The summed E-state index contributed by atoms with van der Waals surface area (Å²) in [5.41, 5.74) is 2.62. The van der Waals surface area contributed by atoms with Crippen molar-refractivity contribution in [1.29, 1.82) is 0 Å². The van der Waals surface area contributed by atoms with Crippen LogP contribution in [0.25, 0.3) is 0 Å². The summed E-state index contributed by atoms with van der Waals surface area (Å²) in [6, 6.07) is 9.45. The Hall–Kier alpha value is -0.710. The molecular formula is C30H50N4OP2S. The fourth-order valence-corrected chi connectivity index (χ4v) is 12.0. The van der Waals surface area contributed by atoms with Gasteiger partial charge in [0, 0.05) is 63.0 Å². The molecule has 0 saturated carbocycles. The van der Waals surface area contributed by atoms with Gasteiger partial charge in [0.05, 0.1) is 26.2 Å². The molecule has 212 valence electrons. The maximum atomic E-state index is 7.17. The molecule has 0 amide bonds. The first-order valence-corrected chi connectivity index (χ1v) is 17.9. The molecule has 5 nitrogen and oxygen atoms in total. The molecule has 0 spiro atoms. The molecule has 1 aliphatic rings. The Kier molecular flexibility index (Phi) is 12.4. The fraction of sp³-hybridized carbons (Fsp3) is 0.600. The van der Waals surface area contributed by atoms with Crippen LogP contribution in [-0.4, -0.2) is 71.0 Å². The zero-order chi connectivity index (χ0) is 28.0. The summed E-state index contributed by atoms with van der Waals surface area (Å²) in [7, 11) is -1.32. The first kappa shape index (κ1) is 31.8. The minimum Gasteiger partial charge on any atom is -0.453 e. The van der Waals surface area contributed by atoms with Crippen molar-refractivity contribution in [1.82, 2.24) is 18.7 Å². The predicted molar refractivity (Wildman–Crippen MR) is 171 cm³/mol. The second kappa shape index (κ2) is 14.8. The van der Waals surface area contributed by atoms with E-state index in [0.717, 1.165) is 63.9 Å². The number of hydrogen-bond acceptors (Lipinski definition) is 6. The number of nitrogens with zero attached hydrogens (tertiary/aromatic N) is 4. The van der Waals surface area contributed by atoms with Crippen LogP contribution in [0.1, 0.15) is 66.5 Å². The van der Waals surface area contributed by atoms with Crippen molar-refractivity contribution < 1.29 is 4.74 Å². The molecule has 0 aliphatic carbocycles. The molecule has 3 rings (SSSR count). The Morgan fingerprint density at radius 1 is 0.526 bits per heavy atom. The molecule has 0 saturated heterocycles. The molecule has 1 heterocycles. The summed E-state index contributed by atoms with van der Waals surface area (Å²) in [5.74, 6) is 2.16. The molecule has 0 fully saturated rings. The standard InChI is InChI=1S/C30H50N4OP2S/c1-11-31(12-2)36(32(13-3)14-4)25-19-23(9)21-27-29(25)35-30-26(20-24(10)22-28(30)38-27)37(33(15-5)16-6)34(17-7)18-8/h19-22H,11-18H2,1-10H3. The van der Waals surface area contributed by atoms with E-state index in [0.29, 0.717) is 0 Å². The highest BCUT2D eigenvalue weighted by molar-refractivity contribution is 7.99. The molecular weight excluding hydrogens is 526 g/mol. The van der Waals surface area contributed by atoms with E-state index >= 15 is 0 Å². The van der Waals surface area contributed by atoms with Crippen LogP contribution in [0.4, 0.5) is 0 Å². The molecule has 0 aromatic heterocycles. The highest BCUT2D eigenvalue weighted by Crippen LogP contribution is 2.55. The lowest BCUT2D eigenvalue weighted by Crippen LogP contribution is -2.36. The Morgan fingerprint density at radius 3 is 1.08 bits per heavy atom. The van der Waals surface area contributed by atoms with E-state index in [1.807, 2.05) is 11.8 Å². The molecule has 0 bridgehead atoms. The molecule has 2 aromatic carbocycles. The van der Waals surface area contributed by atoms with Gasteiger partial charge in [-0.3, -0.25) is 18.7 Å². The van der Waals surface area contributed by atoms with Gasteiger partial charge in [-0.15, -0.1) is 0 Å². The fourth-order valence-electron chi connectivity index (χ4n) is 5.25. The highest BCUT2D eigenvalue weighted by Gasteiger charge is 2.35. The van der Waals surface area contributed by atoms with Crippen molar-refractivity contribution in [2.24, 2.45) is 0 Å². The van der Waals surface area contributed by atoms with Gasteiger partial charge < -0.3 is 4.74 Å². The van der Waals surface area contributed by atoms with Crippen LogP contribution < -0.4 is 15.3 Å². The van der Waals surface area contributed by atoms with Gasteiger partial charge in [-0.2, -0.15) is 0 Å². The summed E-state index contributed by atoms with van der Waals surface area (Å²) in [6.45, 7) is 31.0. The lowest BCUT2D eigenvalue weighted by Gasteiger charge is -2.41. The molecule has 0 radical (unpaired) electrons. The van der Waals surface area contributed by atoms with Crippen LogP contribution in [0.5, 0.6) is 11.5 Å². The number of aryl methyl sites for hydroxylation is 2. The van der Waals surface area contributed by atoms with Crippen LogP contribution in [0.15, 0.2) is 34.1 Å². The topological polar surface area (TPSA) is 22.2 Å². The van der Waals surface area contributed by atoms with E-state index in [9.17, 15) is 0 Å². The average Bonchev–Trinajstić information content (AvgIpc) is 2.91. The molecule has 0 atom stereocenters. The second-order valence-corrected chi connectivity index (χ2v) is 15.0. The third kappa shape index (κ3) is 6.60. The van der Waals surface area contributed by atoms with Crippen molar-refractivity contribution in [3.05, 3.63) is 35.4 Å². The van der Waals surface area contributed by atoms with Crippen molar-refractivity contribution in [2.45, 2.75) is 79.0 Å². The van der Waals surface area contributed by atoms with Crippen LogP contribution >= 0.6 is 28.2 Å². The van der Waals surface area contributed by atoms with Gasteiger partial charge in [-0.25, -0.2) is 0 Å². The molecule has 0 unspecified atom stereocenters. The molecule has 0 N–H and O–H groups in total. The summed E-state index contributed by atoms with van der Waals surface area (Å²) >= 11 is 1.90. The molecule has 2 aromatic rings. The van der Waals surface area contributed by atoms with Crippen molar-refractivity contribution in [3.63, 3.8) is 0 Å². The van der Waals surface area contributed by atoms with Crippen molar-refractivity contribution in [3.8, 4) is 11.5 Å². The van der Waals surface area contributed by atoms with Crippen molar-refractivity contribution in [2.75, 3.05) is 52.4 Å². The molecule has 8 heteroatoms. The van der Waals surface area contributed by atoms with Gasteiger partial charge in [0.15, 0.2) is 11.5 Å². The third-order valence-electron chi connectivity index (χ3n) is 7.21. The van der Waals surface area contributed by atoms with Crippen LogP contribution in [0, 0.1) is 13.8 Å². The van der Waals surface area contributed by atoms with Gasteiger partial charge in [0.1, 0.15) is 0 Å². The van der Waals surface area contributed by atoms with Gasteiger partial charge in [-0.05, 0) is 49.2 Å². The Morgan fingerprint density at radius 2 is 0.816 bits per heavy atom. The van der Waals surface area contributed by atoms with E-state index in [2.05, 4.69) is 112 Å².